The third-order valence-electron chi connectivity index (χ3n) is 8.75. The molecular formula is C28H45N3O3. The fourth-order valence-electron chi connectivity index (χ4n) is 6.00. The molecule has 2 heterocycles. The molecule has 3 rings (SSSR count). The van der Waals surface area contributed by atoms with Gasteiger partial charge in [0, 0.05) is 38.5 Å². The van der Waals surface area contributed by atoms with Crippen molar-refractivity contribution in [3.63, 3.8) is 0 Å². The van der Waals surface area contributed by atoms with Crippen molar-refractivity contribution in [3.8, 4) is 0 Å². The van der Waals surface area contributed by atoms with E-state index in [-0.39, 0.29) is 46.9 Å². The van der Waals surface area contributed by atoms with Gasteiger partial charge < -0.3 is 15.3 Å². The molecule has 34 heavy (non-hydrogen) atoms. The number of ketones is 1. The molecule has 1 aromatic rings. The van der Waals surface area contributed by atoms with Crippen LogP contribution >= 0.6 is 0 Å². The number of β-amino-alcohol motifs (C(OH)–C–C–N with tert-alkyl or cyclic N) is 1. The second kappa shape index (κ2) is 10.9. The lowest BCUT2D eigenvalue weighted by molar-refractivity contribution is -0.146. The van der Waals surface area contributed by atoms with Crippen LogP contribution in [0.15, 0.2) is 30.3 Å². The minimum atomic E-state index is -0.406. The number of likely N-dealkylation sites (N-methyl/N-ethyl adjacent to an activating group) is 1. The molecule has 190 valence electrons. The van der Waals surface area contributed by atoms with Crippen molar-refractivity contribution >= 4 is 11.7 Å². The molecule has 2 saturated heterocycles. The van der Waals surface area contributed by atoms with E-state index < -0.39 is 6.10 Å². The Labute approximate surface area is 206 Å². The summed E-state index contributed by atoms with van der Waals surface area (Å²) in [4.78, 5) is 31.1. The van der Waals surface area contributed by atoms with Crippen LogP contribution < -0.4 is 5.32 Å². The SMILES string of the molecule is CN[C@@H](C)C(=O)C[C@H](C(=O)N1CC[C@@]2(C)C[C@@H](O)CN(CCc3ccccc3)C[C@@]12C)C(C)C. The van der Waals surface area contributed by atoms with Crippen molar-refractivity contribution < 1.29 is 14.7 Å². The number of carbonyl (C=O) groups excluding carboxylic acids is 2. The number of likely N-dealkylation sites (tertiary alicyclic amines) is 2. The molecule has 0 aliphatic carbocycles. The molecule has 2 fully saturated rings. The quantitative estimate of drug-likeness (QED) is 0.579. The highest BCUT2D eigenvalue weighted by Crippen LogP contribution is 2.51. The number of nitrogens with zero attached hydrogens (tertiary/aromatic N) is 2. The van der Waals surface area contributed by atoms with Gasteiger partial charge in [0.1, 0.15) is 5.78 Å². The predicted octanol–water partition coefficient (Wildman–Crippen LogP) is 3.13. The summed E-state index contributed by atoms with van der Waals surface area (Å²) in [5.74, 6) is -0.0605. The Kier molecular flexibility index (Phi) is 8.59. The van der Waals surface area contributed by atoms with Gasteiger partial charge in [-0.1, -0.05) is 51.1 Å². The third-order valence-corrected chi connectivity index (χ3v) is 8.75. The highest BCUT2D eigenvalue weighted by Gasteiger charge is 2.58. The fourth-order valence-corrected chi connectivity index (χ4v) is 6.00. The molecule has 5 atom stereocenters. The molecule has 0 bridgehead atoms. The van der Waals surface area contributed by atoms with Crippen molar-refractivity contribution in [2.24, 2.45) is 17.3 Å². The van der Waals surface area contributed by atoms with E-state index in [2.05, 4.69) is 53.2 Å². The highest BCUT2D eigenvalue weighted by atomic mass is 16.3. The van der Waals surface area contributed by atoms with Gasteiger partial charge in [0.05, 0.1) is 17.7 Å². The van der Waals surface area contributed by atoms with E-state index >= 15 is 0 Å². The van der Waals surface area contributed by atoms with Gasteiger partial charge in [0.2, 0.25) is 5.91 Å². The summed E-state index contributed by atoms with van der Waals surface area (Å²) in [5, 5.41) is 13.9. The Hall–Kier alpha value is -1.76. The van der Waals surface area contributed by atoms with E-state index in [4.69, 9.17) is 0 Å². The lowest BCUT2D eigenvalue weighted by atomic mass is 9.69. The van der Waals surface area contributed by atoms with Crippen LogP contribution in [0.3, 0.4) is 0 Å². The summed E-state index contributed by atoms with van der Waals surface area (Å²) < 4.78 is 0. The first kappa shape index (κ1) is 26.8. The molecule has 1 aromatic carbocycles. The summed E-state index contributed by atoms with van der Waals surface area (Å²) in [7, 11) is 1.78. The lowest BCUT2D eigenvalue weighted by Crippen LogP contribution is -2.59. The number of rotatable bonds is 9. The normalized spacial score (nSPS) is 29.5. The van der Waals surface area contributed by atoms with Crippen LogP contribution in [0.25, 0.3) is 0 Å². The summed E-state index contributed by atoms with van der Waals surface area (Å²) in [6.07, 6.45) is 2.35. The molecule has 2 aliphatic rings. The minimum Gasteiger partial charge on any atom is -0.392 e. The van der Waals surface area contributed by atoms with Crippen LogP contribution in [0.4, 0.5) is 0 Å². The maximum Gasteiger partial charge on any atom is 0.226 e. The molecule has 0 saturated carbocycles. The van der Waals surface area contributed by atoms with Gasteiger partial charge in [-0.15, -0.1) is 0 Å². The predicted molar refractivity (Wildman–Crippen MR) is 137 cm³/mol. The average Bonchev–Trinajstić information content (AvgIpc) is 2.98. The lowest BCUT2D eigenvalue weighted by Gasteiger charge is -2.47. The third kappa shape index (κ3) is 5.55. The molecule has 6 nitrogen and oxygen atoms in total. The summed E-state index contributed by atoms with van der Waals surface area (Å²) in [6, 6.07) is 10.2. The van der Waals surface area contributed by atoms with Gasteiger partial charge in [-0.05, 0) is 57.1 Å². The number of aliphatic hydroxyl groups is 1. The standard InChI is InChI=1S/C28H45N3O3/c1-20(2)24(16-25(33)21(3)29-6)26(34)31-15-13-27(4)17-23(32)18-30(19-28(27,31)5)14-12-22-10-8-7-9-11-22/h7-11,20-21,23-24,29,32H,12-19H2,1-6H3/t21-,23+,24-,27-,28+/m0/s1. The highest BCUT2D eigenvalue weighted by molar-refractivity contribution is 5.90. The number of aliphatic hydroxyl groups excluding tert-OH is 1. The zero-order valence-electron chi connectivity index (χ0n) is 22.0. The number of fused-ring (bicyclic) bond motifs is 1. The first-order chi connectivity index (χ1) is 16.0. The molecule has 0 unspecified atom stereocenters. The van der Waals surface area contributed by atoms with Gasteiger partial charge in [-0.3, -0.25) is 14.5 Å². The largest absolute Gasteiger partial charge is 0.392 e. The number of carbonyl (C=O) groups is 2. The van der Waals surface area contributed by atoms with Crippen molar-refractivity contribution in [2.75, 3.05) is 33.2 Å². The first-order valence-electron chi connectivity index (χ1n) is 13.0. The van der Waals surface area contributed by atoms with Gasteiger partial charge in [-0.25, -0.2) is 0 Å². The molecule has 0 radical (unpaired) electrons. The Morgan fingerprint density at radius 3 is 2.47 bits per heavy atom. The zero-order valence-corrected chi connectivity index (χ0v) is 22.0. The number of Topliss-reactive ketones (excluding diaryl/α,β-unsaturated/α-hetero) is 1. The van der Waals surface area contributed by atoms with Crippen molar-refractivity contribution in [3.05, 3.63) is 35.9 Å². The van der Waals surface area contributed by atoms with Crippen molar-refractivity contribution in [2.45, 2.75) is 78.0 Å². The van der Waals surface area contributed by atoms with E-state index in [9.17, 15) is 14.7 Å². The molecule has 2 aliphatic heterocycles. The molecule has 0 spiro atoms. The fraction of sp³-hybridized carbons (Fsp3) is 0.714. The Bertz CT molecular complexity index is 845. The van der Waals surface area contributed by atoms with Gasteiger partial charge >= 0.3 is 0 Å². The Morgan fingerprint density at radius 2 is 1.85 bits per heavy atom. The molecule has 6 heteroatoms. The molecule has 0 aromatic heterocycles. The van der Waals surface area contributed by atoms with Crippen LogP contribution in [0.5, 0.6) is 0 Å². The van der Waals surface area contributed by atoms with Crippen LogP contribution in [0, 0.1) is 17.3 Å². The number of nitrogens with one attached hydrogen (secondary N) is 1. The number of hydrogen-bond donors (Lipinski definition) is 2. The van der Waals surface area contributed by atoms with Crippen LogP contribution in [0.1, 0.15) is 59.4 Å². The molecule has 1 amide bonds. The molecule has 2 N–H and O–H groups in total. The Balaban J connectivity index is 1.82. The second-order valence-corrected chi connectivity index (χ2v) is 11.4. The van der Waals surface area contributed by atoms with Crippen molar-refractivity contribution in [1.29, 1.82) is 0 Å². The molecular weight excluding hydrogens is 426 g/mol. The maximum absolute atomic E-state index is 14.0. The van der Waals surface area contributed by atoms with Gasteiger partial charge in [-0.2, -0.15) is 0 Å². The number of hydrogen-bond acceptors (Lipinski definition) is 5. The first-order valence-corrected chi connectivity index (χ1v) is 13.0. The smallest absolute Gasteiger partial charge is 0.226 e. The van der Waals surface area contributed by atoms with E-state index in [1.54, 1.807) is 7.05 Å². The van der Waals surface area contributed by atoms with E-state index in [0.717, 1.165) is 25.9 Å². The van der Waals surface area contributed by atoms with Crippen LogP contribution in [-0.4, -0.2) is 77.5 Å². The van der Waals surface area contributed by atoms with Crippen LogP contribution in [-0.2, 0) is 16.0 Å². The Morgan fingerprint density at radius 1 is 1.18 bits per heavy atom. The minimum absolute atomic E-state index is 0.0847. The summed E-state index contributed by atoms with van der Waals surface area (Å²) >= 11 is 0. The number of amides is 1. The summed E-state index contributed by atoms with van der Waals surface area (Å²) in [5.41, 5.74) is 0.738. The van der Waals surface area contributed by atoms with Gasteiger partial charge in [0.15, 0.2) is 0 Å². The second-order valence-electron chi connectivity index (χ2n) is 11.4. The monoisotopic (exact) mass is 471 g/mol. The maximum atomic E-state index is 14.0. The topological polar surface area (TPSA) is 72.9 Å². The van der Waals surface area contributed by atoms with E-state index in [0.29, 0.717) is 19.5 Å². The average molecular weight is 472 g/mol. The zero-order chi connectivity index (χ0) is 25.1. The summed E-state index contributed by atoms with van der Waals surface area (Å²) in [6.45, 7) is 13.3. The van der Waals surface area contributed by atoms with E-state index in [1.807, 2.05) is 26.8 Å². The van der Waals surface area contributed by atoms with Gasteiger partial charge in [0.25, 0.3) is 0 Å². The van der Waals surface area contributed by atoms with Crippen molar-refractivity contribution in [1.82, 2.24) is 15.1 Å². The number of benzene rings is 1. The van der Waals surface area contributed by atoms with E-state index in [1.165, 1.54) is 5.56 Å². The van der Waals surface area contributed by atoms with Crippen LogP contribution in [0.2, 0.25) is 0 Å².